The molecule has 1 atom stereocenters. The monoisotopic (exact) mass is 352 g/mol. The minimum atomic E-state index is 0. The van der Waals surface area contributed by atoms with Crippen molar-refractivity contribution in [2.24, 2.45) is 0 Å². The second kappa shape index (κ2) is 8.15. The van der Waals surface area contributed by atoms with E-state index >= 15 is 0 Å². The number of carbonyl (C=O) groups excluding carboxylic acids is 1. The molecule has 3 nitrogen and oxygen atoms in total. The van der Waals surface area contributed by atoms with Crippen LogP contribution in [0.1, 0.15) is 24.1 Å². The summed E-state index contributed by atoms with van der Waals surface area (Å²) in [5.74, 6) is 0.170. The molecule has 18 heavy (non-hydrogen) atoms. The number of piperidine rings is 1. The van der Waals surface area contributed by atoms with Gasteiger partial charge < -0.3 is 10.6 Å². The fourth-order valence-electron chi connectivity index (χ4n) is 2.00. The van der Waals surface area contributed by atoms with Gasteiger partial charge in [0.05, 0.1) is 0 Å². The Morgan fingerprint density at radius 3 is 3.06 bits per heavy atom. The van der Waals surface area contributed by atoms with Gasteiger partial charge in [0.25, 0.3) is 0 Å². The fraction of sp³-hybridized carbons (Fsp3) is 0.583. The Labute approximate surface area is 126 Å². The van der Waals surface area contributed by atoms with E-state index < -0.39 is 0 Å². The molecule has 2 rings (SSSR count). The minimum absolute atomic E-state index is 0. The summed E-state index contributed by atoms with van der Waals surface area (Å²) in [5, 5.41) is 8.44. The van der Waals surface area contributed by atoms with Crippen LogP contribution in [0.15, 0.2) is 15.9 Å². The van der Waals surface area contributed by atoms with Crippen molar-refractivity contribution in [2.75, 3.05) is 13.1 Å². The molecule has 6 heteroatoms. The van der Waals surface area contributed by atoms with Crippen LogP contribution in [0.4, 0.5) is 0 Å². The van der Waals surface area contributed by atoms with E-state index in [-0.39, 0.29) is 18.3 Å². The molecule has 0 bridgehead atoms. The number of amides is 1. The molecule has 2 N–H and O–H groups in total. The second-order valence-electron chi connectivity index (χ2n) is 4.34. The number of rotatable bonds is 4. The molecule has 0 aliphatic carbocycles. The van der Waals surface area contributed by atoms with Crippen LogP contribution in [0.2, 0.25) is 0 Å². The average Bonchev–Trinajstić information content (AvgIpc) is 2.74. The van der Waals surface area contributed by atoms with Gasteiger partial charge in [0.2, 0.25) is 5.91 Å². The lowest BCUT2D eigenvalue weighted by Gasteiger charge is -2.23. The maximum absolute atomic E-state index is 11.7. The first-order valence-electron chi connectivity index (χ1n) is 5.97. The molecule has 1 unspecified atom stereocenters. The van der Waals surface area contributed by atoms with Gasteiger partial charge in [-0.15, -0.1) is 23.7 Å². The van der Waals surface area contributed by atoms with E-state index in [0.29, 0.717) is 12.5 Å². The van der Waals surface area contributed by atoms with Gasteiger partial charge in [0.1, 0.15) is 0 Å². The van der Waals surface area contributed by atoms with Crippen LogP contribution in [-0.2, 0) is 11.2 Å². The zero-order valence-electron chi connectivity index (χ0n) is 10.1. The van der Waals surface area contributed by atoms with Gasteiger partial charge in [0.15, 0.2) is 0 Å². The van der Waals surface area contributed by atoms with Gasteiger partial charge in [-0.2, -0.15) is 0 Å². The minimum Gasteiger partial charge on any atom is -0.352 e. The zero-order valence-corrected chi connectivity index (χ0v) is 13.3. The molecule has 1 aromatic heterocycles. The summed E-state index contributed by atoms with van der Waals surface area (Å²) in [7, 11) is 0. The summed E-state index contributed by atoms with van der Waals surface area (Å²) in [6.07, 6.45) is 3.68. The van der Waals surface area contributed by atoms with Crippen molar-refractivity contribution >= 4 is 45.6 Å². The lowest BCUT2D eigenvalue weighted by molar-refractivity contribution is -0.121. The van der Waals surface area contributed by atoms with Crippen molar-refractivity contribution in [1.82, 2.24) is 10.6 Å². The maximum Gasteiger partial charge on any atom is 0.220 e. The molecule has 1 aliphatic heterocycles. The van der Waals surface area contributed by atoms with Crippen LogP contribution in [0, 0.1) is 0 Å². The summed E-state index contributed by atoms with van der Waals surface area (Å²) < 4.78 is 1.11. The van der Waals surface area contributed by atoms with Crippen LogP contribution in [-0.4, -0.2) is 25.0 Å². The van der Waals surface area contributed by atoms with E-state index in [1.54, 1.807) is 11.3 Å². The third-order valence-corrected chi connectivity index (χ3v) is 4.64. The first-order valence-corrected chi connectivity index (χ1v) is 7.64. The number of hydrogen-bond acceptors (Lipinski definition) is 3. The predicted octanol–water partition coefficient (Wildman–Crippen LogP) is 2.73. The van der Waals surface area contributed by atoms with Gasteiger partial charge in [0, 0.05) is 33.7 Å². The third-order valence-electron chi connectivity index (χ3n) is 2.88. The molecule has 1 aromatic rings. The summed E-state index contributed by atoms with van der Waals surface area (Å²) in [5.41, 5.74) is 0. The summed E-state index contributed by atoms with van der Waals surface area (Å²) >= 11 is 5.12. The van der Waals surface area contributed by atoms with Crippen molar-refractivity contribution in [2.45, 2.75) is 31.7 Å². The smallest absolute Gasteiger partial charge is 0.220 e. The molecular formula is C12H18BrClN2OS. The highest BCUT2D eigenvalue weighted by Crippen LogP contribution is 2.20. The Morgan fingerprint density at radius 1 is 1.61 bits per heavy atom. The lowest BCUT2D eigenvalue weighted by Crippen LogP contribution is -2.45. The van der Waals surface area contributed by atoms with E-state index in [1.807, 2.05) is 0 Å². The Balaban J connectivity index is 0.00000162. The fourth-order valence-corrected chi connectivity index (χ4v) is 3.45. The van der Waals surface area contributed by atoms with Gasteiger partial charge in [-0.3, -0.25) is 4.79 Å². The summed E-state index contributed by atoms with van der Waals surface area (Å²) in [6.45, 7) is 1.99. The van der Waals surface area contributed by atoms with E-state index in [4.69, 9.17) is 0 Å². The number of hydrogen-bond donors (Lipinski definition) is 2. The molecule has 0 radical (unpaired) electrons. The maximum atomic E-state index is 11.7. The Hall–Kier alpha value is -0.100. The summed E-state index contributed by atoms with van der Waals surface area (Å²) in [4.78, 5) is 13.0. The van der Waals surface area contributed by atoms with Crippen LogP contribution < -0.4 is 10.6 Å². The summed E-state index contributed by atoms with van der Waals surface area (Å²) in [6, 6.07) is 2.41. The Bertz CT molecular complexity index is 380. The second-order valence-corrected chi connectivity index (χ2v) is 6.25. The quantitative estimate of drug-likeness (QED) is 0.874. The van der Waals surface area contributed by atoms with E-state index in [9.17, 15) is 4.79 Å². The van der Waals surface area contributed by atoms with Crippen molar-refractivity contribution in [3.63, 3.8) is 0 Å². The van der Waals surface area contributed by atoms with E-state index in [1.165, 1.54) is 4.88 Å². The first-order chi connectivity index (χ1) is 8.24. The molecule has 2 heterocycles. The van der Waals surface area contributed by atoms with Crippen molar-refractivity contribution in [1.29, 1.82) is 0 Å². The third kappa shape index (κ3) is 5.26. The van der Waals surface area contributed by atoms with E-state index in [2.05, 4.69) is 38.0 Å². The molecule has 102 valence electrons. The van der Waals surface area contributed by atoms with Crippen LogP contribution in [0.3, 0.4) is 0 Å². The van der Waals surface area contributed by atoms with Crippen LogP contribution >= 0.6 is 39.7 Å². The lowest BCUT2D eigenvalue weighted by atomic mass is 10.1. The molecule has 0 aromatic carbocycles. The molecule has 1 fully saturated rings. The van der Waals surface area contributed by atoms with Crippen LogP contribution in [0.25, 0.3) is 0 Å². The number of nitrogens with one attached hydrogen (secondary N) is 2. The highest BCUT2D eigenvalue weighted by molar-refractivity contribution is 9.10. The molecular weight excluding hydrogens is 336 g/mol. The first kappa shape index (κ1) is 16.0. The van der Waals surface area contributed by atoms with Crippen molar-refractivity contribution in [3.8, 4) is 0 Å². The molecule has 1 aliphatic rings. The number of aryl methyl sites for hydroxylation is 1. The molecule has 1 amide bonds. The Kier molecular flexibility index (Phi) is 7.22. The predicted molar refractivity (Wildman–Crippen MR) is 81.6 cm³/mol. The largest absolute Gasteiger partial charge is 0.352 e. The van der Waals surface area contributed by atoms with Crippen molar-refractivity contribution in [3.05, 3.63) is 20.8 Å². The van der Waals surface area contributed by atoms with Gasteiger partial charge >= 0.3 is 0 Å². The van der Waals surface area contributed by atoms with Gasteiger partial charge in [-0.25, -0.2) is 0 Å². The molecule has 0 spiro atoms. The van der Waals surface area contributed by atoms with Gasteiger partial charge in [-0.1, -0.05) is 0 Å². The SMILES string of the molecule is Cl.O=C(CCc1cc(Br)cs1)NC1CCCNC1. The number of halogens is 2. The normalized spacial score (nSPS) is 19.1. The number of carbonyl (C=O) groups is 1. The van der Waals surface area contributed by atoms with Crippen LogP contribution in [0.5, 0.6) is 0 Å². The van der Waals surface area contributed by atoms with Gasteiger partial charge in [-0.05, 0) is 47.8 Å². The highest BCUT2D eigenvalue weighted by Gasteiger charge is 2.15. The van der Waals surface area contributed by atoms with Crippen molar-refractivity contribution < 1.29 is 4.79 Å². The molecule has 0 saturated carbocycles. The average molecular weight is 354 g/mol. The molecule has 1 saturated heterocycles. The standard InChI is InChI=1S/C12H17BrN2OS.ClH/c13-9-6-11(17-8-9)3-4-12(16)15-10-2-1-5-14-7-10;/h6,8,10,14H,1-5,7H2,(H,15,16);1H. The highest BCUT2D eigenvalue weighted by atomic mass is 79.9. The topological polar surface area (TPSA) is 41.1 Å². The van der Waals surface area contributed by atoms with E-state index in [0.717, 1.165) is 36.8 Å². The Morgan fingerprint density at radius 2 is 2.44 bits per heavy atom. The number of thiophene rings is 1. The zero-order chi connectivity index (χ0) is 12.1.